The van der Waals surface area contributed by atoms with E-state index in [1.54, 1.807) is 18.7 Å². The molecule has 0 spiro atoms. The second-order valence-electron chi connectivity index (χ2n) is 18.6. The summed E-state index contributed by atoms with van der Waals surface area (Å²) < 4.78 is 17.0. The van der Waals surface area contributed by atoms with Crippen LogP contribution in [0, 0.1) is 5.92 Å². The van der Waals surface area contributed by atoms with E-state index < -0.39 is 6.09 Å². The van der Waals surface area contributed by atoms with Gasteiger partial charge in [-0.1, -0.05) is 62.9 Å². The predicted molar refractivity (Wildman–Crippen MR) is 260 cm³/mol. The predicted octanol–water partition coefficient (Wildman–Crippen LogP) is 9.67. The molecule has 0 aliphatic carbocycles. The zero-order valence-corrected chi connectivity index (χ0v) is 39.7. The Bertz CT molecular complexity index is 2720. The first kappa shape index (κ1) is 45.8. The zero-order chi connectivity index (χ0) is 47.6. The number of carbonyl (C=O) groups excluding carboxylic acids is 3. The Kier molecular flexibility index (Phi) is 13.2. The maximum atomic E-state index is 13.8. The molecule has 5 aromatic rings. The molecule has 4 aliphatic heterocycles. The number of imidazole rings is 2. The van der Waals surface area contributed by atoms with E-state index in [1.165, 1.54) is 12.7 Å². The molecule has 3 aromatic carbocycles. The molecule has 6 heterocycles. The monoisotopic (exact) mass is 919 g/mol. The van der Waals surface area contributed by atoms with Crippen LogP contribution in [-0.4, -0.2) is 80.1 Å². The minimum Gasteiger partial charge on any atom is -0.471 e. The highest BCUT2D eigenvalue weighted by Crippen LogP contribution is 2.42. The summed E-state index contributed by atoms with van der Waals surface area (Å²) in [5.41, 5.74) is 7.89. The second-order valence-corrected chi connectivity index (χ2v) is 18.6. The molecule has 15 nitrogen and oxygen atoms in total. The van der Waals surface area contributed by atoms with Crippen molar-refractivity contribution >= 4 is 29.7 Å². The lowest BCUT2D eigenvalue weighted by Gasteiger charge is -2.33. The standard InChI is InChI=1S/C53H61N9O6/c1-8-34-13-21-38(22-14-34)62-42(37-17-15-35(16-18-37)40-29-54-49(56-40)44-12-10-28-61(44)52(64)47(32(4)5)59-53(65)66-7)25-26-45(62)68-39-23-19-36(20-24-39)41-30-55-48(57-41)43-11-9-27-60(43)51(63)46(31(2)3)58-50-33(6)67-50/h8,13-24,29-31,42-46,58H,1,9-12,25-28H2,2-7H3,(H,54,56)(H,55,57)(H,59,65)/t42-,43+,44+,45?,46+/m1/s1. The van der Waals surface area contributed by atoms with Crippen LogP contribution in [0.4, 0.5) is 10.5 Å². The normalized spacial score (nSPS) is 20.3. The molecule has 4 N–H and O–H groups in total. The van der Waals surface area contributed by atoms with Crippen molar-refractivity contribution < 1.29 is 28.6 Å². The first-order valence-electron chi connectivity index (χ1n) is 23.7. The van der Waals surface area contributed by atoms with Gasteiger partial charge >= 0.3 is 6.09 Å². The molecule has 3 amide bonds. The van der Waals surface area contributed by atoms with Crippen molar-refractivity contribution in [2.45, 2.75) is 104 Å². The molecule has 68 heavy (non-hydrogen) atoms. The van der Waals surface area contributed by atoms with Crippen molar-refractivity contribution in [3.05, 3.63) is 137 Å². The Labute approximate surface area is 397 Å². The molecular formula is C53H61N9O6. The number of hydrogen-bond acceptors (Lipinski definition) is 10. The number of nitrogens with zero attached hydrogens (tertiary/aromatic N) is 5. The van der Waals surface area contributed by atoms with E-state index in [2.05, 4.69) is 92.7 Å². The second kappa shape index (κ2) is 19.5. The molecule has 1 unspecified atom stereocenters. The first-order valence-corrected chi connectivity index (χ1v) is 23.7. The van der Waals surface area contributed by atoms with Gasteiger partial charge in [-0.2, -0.15) is 0 Å². The highest BCUT2D eigenvalue weighted by atomic mass is 16.6. The molecule has 9 rings (SSSR count). The Balaban J connectivity index is 0.882. The van der Waals surface area contributed by atoms with E-state index in [1.807, 2.05) is 56.3 Å². The molecule has 2 aromatic heterocycles. The number of hydrogen-bond donors (Lipinski definition) is 4. The molecular weight excluding hydrogens is 859 g/mol. The topological polar surface area (TPSA) is 173 Å². The minimum absolute atomic E-state index is 0.0569. The fourth-order valence-electron chi connectivity index (χ4n) is 9.80. The van der Waals surface area contributed by atoms with Crippen LogP contribution >= 0.6 is 0 Å². The van der Waals surface area contributed by atoms with Crippen molar-refractivity contribution in [1.82, 2.24) is 40.4 Å². The molecule has 15 heteroatoms. The van der Waals surface area contributed by atoms with E-state index >= 15 is 0 Å². The van der Waals surface area contributed by atoms with Crippen LogP contribution in [0.1, 0.15) is 114 Å². The van der Waals surface area contributed by atoms with Crippen LogP contribution in [0.5, 0.6) is 5.75 Å². The number of H-pyrrole nitrogens is 2. The lowest BCUT2D eigenvalue weighted by atomic mass is 10.0. The fraction of sp³-hybridized carbons (Fsp3) is 0.377. The van der Waals surface area contributed by atoms with Gasteiger partial charge in [-0.25, -0.2) is 14.8 Å². The van der Waals surface area contributed by atoms with Gasteiger partial charge in [0.05, 0.1) is 49.0 Å². The van der Waals surface area contributed by atoms with Gasteiger partial charge in [-0.05, 0) is 123 Å². The van der Waals surface area contributed by atoms with Crippen LogP contribution in [0.15, 0.2) is 115 Å². The fourth-order valence-corrected chi connectivity index (χ4v) is 9.80. The summed E-state index contributed by atoms with van der Waals surface area (Å²) in [6.45, 7) is 14.8. The average molecular weight is 920 g/mol. The van der Waals surface area contributed by atoms with Gasteiger partial charge < -0.3 is 44.2 Å². The van der Waals surface area contributed by atoms with Crippen molar-refractivity contribution in [2.75, 3.05) is 25.1 Å². The maximum absolute atomic E-state index is 13.8. The summed E-state index contributed by atoms with van der Waals surface area (Å²) in [5, 5.41) is 5.90. The minimum atomic E-state index is -0.680. The summed E-state index contributed by atoms with van der Waals surface area (Å²) in [4.78, 5) is 62.2. The zero-order valence-electron chi connectivity index (χ0n) is 39.7. The number of aromatic nitrogens is 4. The number of methoxy groups -OCH3 is 1. The molecule has 0 radical (unpaired) electrons. The largest absolute Gasteiger partial charge is 0.471 e. The van der Waals surface area contributed by atoms with Crippen LogP contribution < -0.4 is 20.3 Å². The number of allylic oxidation sites excluding steroid dienone is 2. The molecule has 3 saturated heterocycles. The van der Waals surface area contributed by atoms with E-state index in [0.717, 1.165) is 89.6 Å². The highest BCUT2D eigenvalue weighted by Gasteiger charge is 2.40. The molecule has 3 fully saturated rings. The quantitative estimate of drug-likeness (QED) is 0.0741. The summed E-state index contributed by atoms with van der Waals surface area (Å²) in [7, 11) is 1.28. The first-order chi connectivity index (χ1) is 32.9. The number of likely N-dealkylation sites (tertiary alicyclic amines) is 2. The van der Waals surface area contributed by atoms with Crippen LogP contribution in [0.2, 0.25) is 0 Å². The number of nitrogens with one attached hydrogen (secondary N) is 4. The van der Waals surface area contributed by atoms with E-state index in [-0.39, 0.29) is 53.8 Å². The van der Waals surface area contributed by atoms with Crippen LogP contribution in [-0.2, 0) is 19.1 Å². The van der Waals surface area contributed by atoms with Gasteiger partial charge in [0.2, 0.25) is 11.8 Å². The third-order valence-corrected chi connectivity index (χ3v) is 13.6. The van der Waals surface area contributed by atoms with Gasteiger partial charge in [-0.15, -0.1) is 0 Å². The van der Waals surface area contributed by atoms with E-state index in [0.29, 0.717) is 30.4 Å². The third kappa shape index (κ3) is 9.47. The summed E-state index contributed by atoms with van der Waals surface area (Å²) in [5.74, 6) is 3.70. The molecule has 4 aliphatic rings. The average Bonchev–Trinajstić information content (AvgIpc) is 4.09. The molecule has 0 saturated carbocycles. The van der Waals surface area contributed by atoms with Crippen molar-refractivity contribution in [3.63, 3.8) is 0 Å². The van der Waals surface area contributed by atoms with Gasteiger partial charge in [0.15, 0.2) is 12.0 Å². The summed E-state index contributed by atoms with van der Waals surface area (Å²) >= 11 is 0. The van der Waals surface area contributed by atoms with Crippen LogP contribution in [0.25, 0.3) is 28.6 Å². The van der Waals surface area contributed by atoms with E-state index in [4.69, 9.17) is 24.2 Å². The van der Waals surface area contributed by atoms with Gasteiger partial charge in [0.25, 0.3) is 5.91 Å². The van der Waals surface area contributed by atoms with Gasteiger partial charge in [0.1, 0.15) is 29.1 Å². The third-order valence-electron chi connectivity index (χ3n) is 13.6. The maximum Gasteiger partial charge on any atom is 0.411 e. The number of ether oxygens (including phenoxy) is 3. The van der Waals surface area contributed by atoms with Crippen molar-refractivity contribution in [2.24, 2.45) is 5.92 Å². The highest BCUT2D eigenvalue weighted by molar-refractivity contribution is 5.97. The number of carbonyl (C=O) groups is 3. The number of rotatable bonds is 15. The molecule has 0 bridgehead atoms. The lowest BCUT2D eigenvalue weighted by Crippen LogP contribution is -2.48. The van der Waals surface area contributed by atoms with Gasteiger partial charge in [-0.3, -0.25) is 14.9 Å². The Morgan fingerprint density at radius 1 is 0.809 bits per heavy atom. The SMILES string of the molecule is C=Cc1ccc(N2C(Oc3ccc(-c4cnc([C@@H]5CCCN5C(=O)[C@@H](NC5=C(C)O5)C(C)C)[nH]4)cc3)CC[C@@H]2c2ccc(-c3cnc([C@@H]4CCCN4C(=O)C(NC(=O)OC)=C(C)C)[nH]3)cc2)cc1. The number of benzene rings is 3. The Hall–Kier alpha value is -7.29. The Morgan fingerprint density at radius 2 is 1.40 bits per heavy atom. The lowest BCUT2D eigenvalue weighted by molar-refractivity contribution is -0.135. The number of aromatic amines is 2. The van der Waals surface area contributed by atoms with Crippen LogP contribution in [0.3, 0.4) is 0 Å². The van der Waals surface area contributed by atoms with Crippen molar-refractivity contribution in [3.8, 4) is 28.3 Å². The van der Waals surface area contributed by atoms with E-state index in [9.17, 15) is 14.4 Å². The smallest absolute Gasteiger partial charge is 0.411 e. The number of alkyl carbamates (subject to hydrolysis) is 1. The van der Waals surface area contributed by atoms with Gasteiger partial charge in [0, 0.05) is 25.2 Å². The van der Waals surface area contributed by atoms with Crippen molar-refractivity contribution in [1.29, 1.82) is 0 Å². The molecule has 5 atom stereocenters. The summed E-state index contributed by atoms with van der Waals surface area (Å²) in [6.07, 6.45) is 9.68. The molecule has 354 valence electrons. The number of anilines is 1. The number of amides is 3. The summed E-state index contributed by atoms with van der Waals surface area (Å²) in [6, 6.07) is 24.4. The Morgan fingerprint density at radius 3 is 1.96 bits per heavy atom.